The van der Waals surface area contributed by atoms with Crippen LogP contribution in [-0.4, -0.2) is 6.29 Å². The first-order valence-corrected chi connectivity index (χ1v) is 6.87. The molecule has 2 aromatic carbocycles. The summed E-state index contributed by atoms with van der Waals surface area (Å²) in [7, 11) is 0. The summed E-state index contributed by atoms with van der Waals surface area (Å²) in [6, 6.07) is 15.0. The van der Waals surface area contributed by atoms with E-state index in [2.05, 4.69) is 0 Å². The zero-order valence-electron chi connectivity index (χ0n) is 9.80. The van der Waals surface area contributed by atoms with Gasteiger partial charge in [0.05, 0.1) is 4.88 Å². The summed E-state index contributed by atoms with van der Waals surface area (Å²) in [5.74, 6) is 0.735. The summed E-state index contributed by atoms with van der Waals surface area (Å²) in [4.78, 5) is 11.3. The average Bonchev–Trinajstić information content (AvgIpc) is 2.90. The van der Waals surface area contributed by atoms with Crippen molar-refractivity contribution >= 4 is 40.0 Å². The molecule has 4 heteroatoms. The zero-order chi connectivity index (χ0) is 13.2. The third kappa shape index (κ3) is 2.35. The molecule has 94 valence electrons. The van der Waals surface area contributed by atoms with Gasteiger partial charge in [0.25, 0.3) is 0 Å². The van der Waals surface area contributed by atoms with Gasteiger partial charge in [0, 0.05) is 15.8 Å². The predicted molar refractivity (Wildman–Crippen MR) is 78.7 cm³/mol. The fourth-order valence-corrected chi connectivity index (χ4v) is 2.80. The van der Waals surface area contributed by atoms with Crippen LogP contribution in [0.2, 0.25) is 5.02 Å². The second-order valence-corrected chi connectivity index (χ2v) is 5.45. The number of carbonyl (C=O) groups excluding carboxylic acids is 1. The fourth-order valence-electron chi connectivity index (χ4n) is 1.88. The van der Waals surface area contributed by atoms with Gasteiger partial charge < -0.3 is 4.74 Å². The number of aldehydes is 1. The molecule has 0 amide bonds. The van der Waals surface area contributed by atoms with Crippen LogP contribution >= 0.6 is 22.9 Å². The summed E-state index contributed by atoms with van der Waals surface area (Å²) in [5, 5.41) is 3.29. The Bertz CT molecular complexity index is 749. The molecule has 0 saturated carbocycles. The number of hydrogen-bond acceptors (Lipinski definition) is 3. The van der Waals surface area contributed by atoms with Gasteiger partial charge in [0.15, 0.2) is 11.3 Å². The second-order valence-electron chi connectivity index (χ2n) is 3.97. The topological polar surface area (TPSA) is 26.3 Å². The molecule has 19 heavy (non-hydrogen) atoms. The lowest BCUT2D eigenvalue weighted by Gasteiger charge is -2.08. The maximum Gasteiger partial charge on any atom is 0.181 e. The molecule has 2 nitrogen and oxygen atoms in total. The SMILES string of the molecule is O=Cc1ccc(Oc2ccc(Cl)c3ccccc23)s1. The van der Waals surface area contributed by atoms with E-state index in [4.69, 9.17) is 16.3 Å². The summed E-state index contributed by atoms with van der Waals surface area (Å²) in [5.41, 5.74) is 0. The van der Waals surface area contributed by atoms with Gasteiger partial charge in [-0.3, -0.25) is 4.79 Å². The van der Waals surface area contributed by atoms with Gasteiger partial charge in [0.1, 0.15) is 5.75 Å². The molecule has 1 heterocycles. The highest BCUT2D eigenvalue weighted by molar-refractivity contribution is 7.15. The van der Waals surface area contributed by atoms with Crippen molar-refractivity contribution in [2.75, 3.05) is 0 Å². The molecule has 1 aromatic heterocycles. The van der Waals surface area contributed by atoms with Gasteiger partial charge in [0.2, 0.25) is 0 Å². The Balaban J connectivity index is 2.05. The quantitative estimate of drug-likeness (QED) is 0.622. The Morgan fingerprint density at radius 3 is 2.53 bits per heavy atom. The second kappa shape index (κ2) is 5.03. The molecule has 0 aliphatic rings. The van der Waals surface area contributed by atoms with E-state index in [0.29, 0.717) is 15.0 Å². The third-order valence-corrected chi connectivity index (χ3v) is 3.98. The van der Waals surface area contributed by atoms with Crippen molar-refractivity contribution < 1.29 is 9.53 Å². The molecular weight excluding hydrogens is 280 g/mol. The Labute approximate surface area is 119 Å². The van der Waals surface area contributed by atoms with Gasteiger partial charge in [-0.25, -0.2) is 0 Å². The molecule has 0 unspecified atom stereocenters. The highest BCUT2D eigenvalue weighted by Gasteiger charge is 2.07. The van der Waals surface area contributed by atoms with E-state index < -0.39 is 0 Å². The number of rotatable bonds is 3. The molecule has 0 aliphatic carbocycles. The molecule has 0 saturated heterocycles. The van der Waals surface area contributed by atoms with Crippen molar-refractivity contribution in [3.8, 4) is 10.8 Å². The van der Waals surface area contributed by atoms with Crippen LogP contribution in [0.5, 0.6) is 10.8 Å². The highest BCUT2D eigenvalue weighted by atomic mass is 35.5. The summed E-state index contributed by atoms with van der Waals surface area (Å²) in [6.07, 6.45) is 0.817. The van der Waals surface area contributed by atoms with Crippen LogP contribution in [-0.2, 0) is 0 Å². The standard InChI is InChI=1S/C15H9ClO2S/c16-13-6-7-14(12-4-2-1-3-11(12)13)18-15-8-5-10(9-17)19-15/h1-9H. The van der Waals surface area contributed by atoms with Crippen molar-refractivity contribution in [1.82, 2.24) is 0 Å². The largest absolute Gasteiger partial charge is 0.446 e. The molecule has 3 rings (SSSR count). The van der Waals surface area contributed by atoms with Gasteiger partial charge in [-0.05, 0) is 24.3 Å². The minimum atomic E-state index is 0.647. The monoisotopic (exact) mass is 288 g/mol. The normalized spacial score (nSPS) is 10.6. The van der Waals surface area contributed by atoms with Crippen LogP contribution in [0.1, 0.15) is 9.67 Å². The Kier molecular flexibility index (Phi) is 3.23. The van der Waals surface area contributed by atoms with Crippen LogP contribution in [0, 0.1) is 0 Å². The number of thiophene rings is 1. The summed E-state index contributed by atoms with van der Waals surface area (Å²) in [6.45, 7) is 0. The van der Waals surface area contributed by atoms with Crippen molar-refractivity contribution in [3.63, 3.8) is 0 Å². The lowest BCUT2D eigenvalue weighted by atomic mass is 10.1. The fraction of sp³-hybridized carbons (Fsp3) is 0. The Hall–Kier alpha value is -1.84. The highest BCUT2D eigenvalue weighted by Crippen LogP contribution is 2.36. The van der Waals surface area contributed by atoms with E-state index in [-0.39, 0.29) is 0 Å². The molecule has 0 atom stereocenters. The number of hydrogen-bond donors (Lipinski definition) is 0. The van der Waals surface area contributed by atoms with E-state index in [0.717, 1.165) is 22.8 Å². The number of carbonyl (C=O) groups is 1. The van der Waals surface area contributed by atoms with Crippen molar-refractivity contribution in [3.05, 3.63) is 58.4 Å². The first-order chi connectivity index (χ1) is 9.28. The lowest BCUT2D eigenvalue weighted by molar-refractivity contribution is 0.112. The summed E-state index contributed by atoms with van der Waals surface area (Å²) < 4.78 is 5.83. The Morgan fingerprint density at radius 2 is 1.79 bits per heavy atom. The van der Waals surface area contributed by atoms with Crippen LogP contribution in [0.4, 0.5) is 0 Å². The van der Waals surface area contributed by atoms with E-state index in [1.807, 2.05) is 36.4 Å². The molecular formula is C15H9ClO2S. The summed E-state index contributed by atoms with van der Waals surface area (Å²) >= 11 is 7.48. The Morgan fingerprint density at radius 1 is 1.00 bits per heavy atom. The number of fused-ring (bicyclic) bond motifs is 1. The van der Waals surface area contributed by atoms with E-state index in [9.17, 15) is 4.79 Å². The maximum absolute atomic E-state index is 10.7. The minimum absolute atomic E-state index is 0.647. The smallest absolute Gasteiger partial charge is 0.181 e. The average molecular weight is 289 g/mol. The van der Waals surface area contributed by atoms with Crippen molar-refractivity contribution in [2.45, 2.75) is 0 Å². The van der Waals surface area contributed by atoms with Gasteiger partial charge in [-0.2, -0.15) is 0 Å². The van der Waals surface area contributed by atoms with Gasteiger partial charge in [-0.1, -0.05) is 47.2 Å². The predicted octanol–water partition coefficient (Wildman–Crippen LogP) is 5.16. The minimum Gasteiger partial charge on any atom is -0.446 e. The zero-order valence-corrected chi connectivity index (χ0v) is 11.4. The van der Waals surface area contributed by atoms with Crippen LogP contribution in [0.3, 0.4) is 0 Å². The van der Waals surface area contributed by atoms with E-state index in [1.165, 1.54) is 11.3 Å². The lowest BCUT2D eigenvalue weighted by Crippen LogP contribution is -1.83. The molecule has 0 N–H and O–H groups in total. The van der Waals surface area contributed by atoms with E-state index >= 15 is 0 Å². The number of ether oxygens (including phenoxy) is 1. The first-order valence-electron chi connectivity index (χ1n) is 5.68. The molecule has 0 fully saturated rings. The van der Waals surface area contributed by atoms with Gasteiger partial charge in [-0.15, -0.1) is 0 Å². The van der Waals surface area contributed by atoms with E-state index in [1.54, 1.807) is 12.1 Å². The van der Waals surface area contributed by atoms with Crippen molar-refractivity contribution in [2.24, 2.45) is 0 Å². The number of halogens is 1. The number of benzene rings is 2. The van der Waals surface area contributed by atoms with Crippen LogP contribution in [0.25, 0.3) is 10.8 Å². The maximum atomic E-state index is 10.7. The first kappa shape index (κ1) is 12.2. The molecule has 0 radical (unpaired) electrons. The molecule has 3 aromatic rings. The van der Waals surface area contributed by atoms with Crippen LogP contribution in [0.15, 0.2) is 48.5 Å². The van der Waals surface area contributed by atoms with Gasteiger partial charge >= 0.3 is 0 Å². The molecule has 0 bridgehead atoms. The van der Waals surface area contributed by atoms with Crippen molar-refractivity contribution in [1.29, 1.82) is 0 Å². The molecule has 0 spiro atoms. The molecule has 0 aliphatic heterocycles. The third-order valence-electron chi connectivity index (χ3n) is 2.76. The van der Waals surface area contributed by atoms with Crippen LogP contribution < -0.4 is 4.74 Å².